The SMILES string of the molecule is COc1ccccc1-c1cc2ccccc2c(-c2c(O)c(-c3ccccc3OC)cc3ccccc23)c1O. The number of para-hydroxylation sites is 2. The lowest BCUT2D eigenvalue weighted by molar-refractivity contribution is 0.415. The number of phenols is 2. The molecule has 0 aromatic heterocycles. The Hall–Kier alpha value is -4.96. The molecule has 0 bridgehead atoms. The maximum atomic E-state index is 12.0. The molecule has 0 saturated carbocycles. The third-order valence-electron chi connectivity index (χ3n) is 7.09. The first-order valence-corrected chi connectivity index (χ1v) is 12.4. The van der Waals surface area contributed by atoms with Gasteiger partial charge in [-0.05, 0) is 45.8 Å². The third-order valence-corrected chi connectivity index (χ3v) is 7.09. The molecule has 4 nitrogen and oxygen atoms in total. The predicted molar refractivity (Wildman–Crippen MR) is 154 cm³/mol. The van der Waals surface area contributed by atoms with Crippen LogP contribution < -0.4 is 9.47 Å². The lowest BCUT2D eigenvalue weighted by Crippen LogP contribution is -1.94. The van der Waals surface area contributed by atoms with Gasteiger partial charge in [0.25, 0.3) is 0 Å². The van der Waals surface area contributed by atoms with Crippen molar-refractivity contribution >= 4 is 21.5 Å². The largest absolute Gasteiger partial charge is 0.507 e. The topological polar surface area (TPSA) is 58.9 Å². The number of aromatic hydroxyl groups is 2. The van der Waals surface area contributed by atoms with E-state index in [0.717, 1.165) is 32.7 Å². The van der Waals surface area contributed by atoms with Gasteiger partial charge < -0.3 is 19.7 Å². The van der Waals surface area contributed by atoms with Crippen molar-refractivity contribution in [1.82, 2.24) is 0 Å². The zero-order valence-corrected chi connectivity index (χ0v) is 21.1. The number of ether oxygens (including phenoxy) is 2. The van der Waals surface area contributed by atoms with Gasteiger partial charge >= 0.3 is 0 Å². The second-order valence-corrected chi connectivity index (χ2v) is 9.14. The Morgan fingerprint density at radius 2 is 0.816 bits per heavy atom. The summed E-state index contributed by atoms with van der Waals surface area (Å²) >= 11 is 0. The van der Waals surface area contributed by atoms with Crippen LogP contribution >= 0.6 is 0 Å². The van der Waals surface area contributed by atoms with Gasteiger partial charge in [0.15, 0.2) is 0 Å². The van der Waals surface area contributed by atoms with Crippen molar-refractivity contribution in [2.45, 2.75) is 0 Å². The van der Waals surface area contributed by atoms with E-state index in [-0.39, 0.29) is 11.5 Å². The molecule has 0 spiro atoms. The number of phenolic OH excluding ortho intramolecular Hbond substituents is 2. The van der Waals surface area contributed by atoms with Gasteiger partial charge in [-0.2, -0.15) is 0 Å². The molecule has 0 heterocycles. The van der Waals surface area contributed by atoms with E-state index in [0.29, 0.717) is 33.8 Å². The second kappa shape index (κ2) is 9.49. The van der Waals surface area contributed by atoms with Crippen LogP contribution in [0.1, 0.15) is 0 Å². The number of methoxy groups -OCH3 is 2. The van der Waals surface area contributed by atoms with E-state index >= 15 is 0 Å². The van der Waals surface area contributed by atoms with Crippen LogP contribution in [-0.4, -0.2) is 24.4 Å². The van der Waals surface area contributed by atoms with Crippen LogP contribution in [-0.2, 0) is 0 Å². The summed E-state index contributed by atoms with van der Waals surface area (Å²) in [6, 6.07) is 35.0. The van der Waals surface area contributed by atoms with Crippen LogP contribution in [0.25, 0.3) is 54.9 Å². The van der Waals surface area contributed by atoms with Crippen molar-refractivity contribution in [2.75, 3.05) is 14.2 Å². The first kappa shape index (κ1) is 23.4. The van der Waals surface area contributed by atoms with E-state index in [4.69, 9.17) is 9.47 Å². The summed E-state index contributed by atoms with van der Waals surface area (Å²) in [5.74, 6) is 1.46. The van der Waals surface area contributed by atoms with Crippen molar-refractivity contribution in [3.63, 3.8) is 0 Å². The Balaban J connectivity index is 1.78. The zero-order chi connectivity index (χ0) is 26.2. The molecule has 0 aliphatic carbocycles. The average molecular weight is 499 g/mol. The van der Waals surface area contributed by atoms with E-state index in [1.165, 1.54) is 0 Å². The monoisotopic (exact) mass is 498 g/mol. The minimum absolute atomic E-state index is 0.0748. The van der Waals surface area contributed by atoms with E-state index < -0.39 is 0 Å². The maximum absolute atomic E-state index is 12.0. The van der Waals surface area contributed by atoms with Crippen molar-refractivity contribution in [3.05, 3.63) is 109 Å². The number of hydrogen-bond acceptors (Lipinski definition) is 4. The predicted octanol–water partition coefficient (Wildman–Crippen LogP) is 8.42. The first-order chi connectivity index (χ1) is 18.6. The Labute approximate surface area is 221 Å². The Morgan fingerprint density at radius 1 is 0.447 bits per heavy atom. The average Bonchev–Trinajstić information content (AvgIpc) is 2.97. The molecule has 6 rings (SSSR count). The highest BCUT2D eigenvalue weighted by atomic mass is 16.5. The summed E-state index contributed by atoms with van der Waals surface area (Å²) in [6.07, 6.45) is 0. The lowest BCUT2D eigenvalue weighted by Gasteiger charge is -2.20. The lowest BCUT2D eigenvalue weighted by atomic mass is 9.86. The fourth-order valence-corrected chi connectivity index (χ4v) is 5.32. The van der Waals surface area contributed by atoms with Crippen LogP contribution in [0, 0.1) is 0 Å². The van der Waals surface area contributed by atoms with Crippen LogP contribution in [0.3, 0.4) is 0 Å². The third kappa shape index (κ3) is 3.70. The van der Waals surface area contributed by atoms with Crippen molar-refractivity contribution in [1.29, 1.82) is 0 Å². The number of rotatable bonds is 5. The molecule has 0 saturated heterocycles. The van der Waals surface area contributed by atoms with E-state index in [1.807, 2.05) is 109 Å². The van der Waals surface area contributed by atoms with Gasteiger partial charge in [-0.15, -0.1) is 0 Å². The quantitative estimate of drug-likeness (QED) is 0.250. The van der Waals surface area contributed by atoms with Gasteiger partial charge in [0.05, 0.1) is 14.2 Å². The highest BCUT2D eigenvalue weighted by Gasteiger charge is 2.24. The van der Waals surface area contributed by atoms with Gasteiger partial charge in [0.2, 0.25) is 0 Å². The standard InChI is InChI=1S/C34H26O4/c1-37-29-17-9-7-15-25(29)27-19-21-11-3-5-13-23(21)31(33(27)35)32-24-14-6-4-12-22(24)20-28(34(32)36)26-16-8-10-18-30(26)38-2/h3-20,35-36H,1-2H3. The molecule has 0 unspecified atom stereocenters. The van der Waals surface area contributed by atoms with Gasteiger partial charge in [-0.1, -0.05) is 84.9 Å². The number of benzene rings is 6. The molecule has 6 aromatic carbocycles. The van der Waals surface area contributed by atoms with Crippen molar-refractivity contribution in [2.24, 2.45) is 0 Å². The molecular weight excluding hydrogens is 472 g/mol. The first-order valence-electron chi connectivity index (χ1n) is 12.4. The molecule has 0 fully saturated rings. The molecular formula is C34H26O4. The van der Waals surface area contributed by atoms with Gasteiger partial charge in [-0.3, -0.25) is 0 Å². The summed E-state index contributed by atoms with van der Waals surface area (Å²) in [5, 5.41) is 27.5. The molecule has 6 aromatic rings. The van der Waals surface area contributed by atoms with E-state index in [2.05, 4.69) is 0 Å². The fourth-order valence-electron chi connectivity index (χ4n) is 5.32. The summed E-state index contributed by atoms with van der Waals surface area (Å²) in [7, 11) is 3.24. The van der Waals surface area contributed by atoms with Gasteiger partial charge in [0, 0.05) is 33.4 Å². The summed E-state index contributed by atoms with van der Waals surface area (Å²) in [5.41, 5.74) is 3.92. The molecule has 0 aliphatic heterocycles. The number of hydrogen-bond donors (Lipinski definition) is 2. The summed E-state index contributed by atoms with van der Waals surface area (Å²) < 4.78 is 11.3. The molecule has 186 valence electrons. The molecule has 0 amide bonds. The summed E-state index contributed by atoms with van der Waals surface area (Å²) in [6.45, 7) is 0. The summed E-state index contributed by atoms with van der Waals surface area (Å²) in [4.78, 5) is 0. The minimum atomic E-state index is 0.0748. The van der Waals surface area contributed by atoms with E-state index in [9.17, 15) is 10.2 Å². The molecule has 2 N–H and O–H groups in total. The van der Waals surface area contributed by atoms with Crippen LogP contribution in [0.15, 0.2) is 109 Å². The fraction of sp³-hybridized carbons (Fsp3) is 0.0588. The minimum Gasteiger partial charge on any atom is -0.507 e. The highest BCUT2D eigenvalue weighted by Crippen LogP contribution is 2.52. The molecule has 4 heteroatoms. The Kier molecular flexibility index (Phi) is 5.85. The smallest absolute Gasteiger partial charge is 0.132 e. The van der Waals surface area contributed by atoms with Crippen LogP contribution in [0.4, 0.5) is 0 Å². The van der Waals surface area contributed by atoms with E-state index in [1.54, 1.807) is 14.2 Å². The molecule has 38 heavy (non-hydrogen) atoms. The van der Waals surface area contributed by atoms with Gasteiger partial charge in [-0.25, -0.2) is 0 Å². The van der Waals surface area contributed by atoms with Crippen LogP contribution in [0.5, 0.6) is 23.0 Å². The Bertz CT molecular complexity index is 1690. The number of fused-ring (bicyclic) bond motifs is 2. The Morgan fingerprint density at radius 3 is 1.24 bits per heavy atom. The maximum Gasteiger partial charge on any atom is 0.132 e. The molecule has 0 atom stereocenters. The van der Waals surface area contributed by atoms with Crippen LogP contribution in [0.2, 0.25) is 0 Å². The van der Waals surface area contributed by atoms with Gasteiger partial charge in [0.1, 0.15) is 23.0 Å². The highest BCUT2D eigenvalue weighted by molar-refractivity contribution is 6.14. The van der Waals surface area contributed by atoms with Crippen molar-refractivity contribution < 1.29 is 19.7 Å². The molecule has 0 radical (unpaired) electrons. The molecule has 0 aliphatic rings. The van der Waals surface area contributed by atoms with Crippen molar-refractivity contribution in [3.8, 4) is 56.4 Å². The zero-order valence-electron chi connectivity index (χ0n) is 21.1. The second-order valence-electron chi connectivity index (χ2n) is 9.14. The normalized spacial score (nSPS) is 11.1.